The molecule has 1 saturated heterocycles. The Kier molecular flexibility index (Phi) is 4.32. The molecule has 1 aliphatic heterocycles. The van der Waals surface area contributed by atoms with Crippen LogP contribution in [-0.2, 0) is 4.74 Å². The van der Waals surface area contributed by atoms with Crippen LogP contribution in [0, 0.1) is 0 Å². The predicted molar refractivity (Wildman–Crippen MR) is 98.4 cm³/mol. The summed E-state index contributed by atoms with van der Waals surface area (Å²) in [5.74, 6) is 1.55. The molecule has 3 aromatic rings. The number of anilines is 1. The first-order chi connectivity index (χ1) is 11.8. The summed E-state index contributed by atoms with van der Waals surface area (Å²) in [4.78, 5) is 11.0. The van der Waals surface area contributed by atoms with Crippen LogP contribution in [0.5, 0.6) is 0 Å². The number of benzene rings is 1. The summed E-state index contributed by atoms with van der Waals surface area (Å²) in [5, 5.41) is 1.07. The molecule has 0 bridgehead atoms. The van der Waals surface area contributed by atoms with Crippen molar-refractivity contribution < 1.29 is 9.15 Å². The van der Waals surface area contributed by atoms with Crippen molar-refractivity contribution in [3.05, 3.63) is 52.8 Å². The van der Waals surface area contributed by atoms with E-state index in [0.717, 1.165) is 59.0 Å². The quantitative estimate of drug-likeness (QED) is 0.634. The van der Waals surface area contributed by atoms with Crippen LogP contribution in [0.1, 0.15) is 5.76 Å². The average Bonchev–Trinajstić information content (AvgIpc) is 3.01. The smallest absolute Gasteiger partial charge is 0.210 e. The Morgan fingerprint density at radius 3 is 2.92 bits per heavy atom. The molecule has 122 valence electrons. The minimum absolute atomic E-state index is 0.717. The van der Waals surface area contributed by atoms with E-state index in [9.17, 15) is 0 Å². The highest BCUT2D eigenvalue weighted by molar-refractivity contribution is 9.10. The van der Waals surface area contributed by atoms with E-state index in [4.69, 9.17) is 9.15 Å². The average molecular weight is 386 g/mol. The van der Waals surface area contributed by atoms with Crippen LogP contribution in [0.25, 0.3) is 10.9 Å². The van der Waals surface area contributed by atoms with Crippen LogP contribution < -0.4 is 4.90 Å². The lowest BCUT2D eigenvalue weighted by Crippen LogP contribution is -2.36. The first-order valence-corrected chi connectivity index (χ1v) is 8.60. The van der Waals surface area contributed by atoms with Gasteiger partial charge in [0, 0.05) is 30.7 Å². The van der Waals surface area contributed by atoms with Gasteiger partial charge in [0.05, 0.1) is 35.1 Å². The van der Waals surface area contributed by atoms with Gasteiger partial charge in [0.1, 0.15) is 5.76 Å². The van der Waals surface area contributed by atoms with E-state index in [1.54, 1.807) is 12.4 Å². The Morgan fingerprint density at radius 1 is 1.17 bits per heavy atom. The second-order valence-corrected chi connectivity index (χ2v) is 6.39. The summed E-state index contributed by atoms with van der Waals surface area (Å²) >= 11 is 3.57. The lowest BCUT2D eigenvalue weighted by molar-refractivity contribution is 0.120. The number of ether oxygens (including phenoxy) is 1. The van der Waals surface area contributed by atoms with E-state index in [0.29, 0.717) is 0 Å². The third kappa shape index (κ3) is 3.20. The second kappa shape index (κ2) is 6.75. The molecular weight excluding hydrogens is 370 g/mol. The summed E-state index contributed by atoms with van der Waals surface area (Å²) in [6.07, 6.45) is 3.53. The Morgan fingerprint density at radius 2 is 2.04 bits per heavy atom. The highest BCUT2D eigenvalue weighted by Gasteiger charge is 2.18. The number of hydrogen-bond donors (Lipinski definition) is 0. The third-order valence-corrected chi connectivity index (χ3v) is 4.48. The lowest BCUT2D eigenvalue weighted by Gasteiger charge is -2.26. The Labute approximate surface area is 148 Å². The largest absolute Gasteiger partial charge is 0.438 e. The Balaban J connectivity index is 1.56. The number of fused-ring (bicyclic) bond motifs is 1. The fourth-order valence-corrected chi connectivity index (χ4v) is 3.26. The van der Waals surface area contributed by atoms with Crippen molar-refractivity contribution in [3.63, 3.8) is 0 Å². The number of hydrogen-bond acceptors (Lipinski definition) is 5. The molecule has 0 radical (unpaired) electrons. The molecular formula is C18H16BrN3O2. The molecule has 2 aromatic heterocycles. The molecule has 1 aliphatic rings. The molecule has 0 atom stereocenters. The summed E-state index contributed by atoms with van der Waals surface area (Å²) in [7, 11) is 0. The molecule has 1 fully saturated rings. The van der Waals surface area contributed by atoms with E-state index >= 15 is 0 Å². The van der Waals surface area contributed by atoms with Crippen LogP contribution in [0.4, 0.5) is 11.6 Å². The van der Waals surface area contributed by atoms with Gasteiger partial charge in [-0.3, -0.25) is 9.98 Å². The third-order valence-electron chi connectivity index (χ3n) is 3.91. The minimum atomic E-state index is 0.717. The van der Waals surface area contributed by atoms with Crippen molar-refractivity contribution in [2.45, 2.75) is 0 Å². The van der Waals surface area contributed by atoms with E-state index in [-0.39, 0.29) is 0 Å². The Hall–Kier alpha value is -2.18. The standard InChI is InChI=1S/C18H16BrN3O2/c19-16-11-15(24-18(16)22-6-8-23-9-7-22)12-21-14-3-4-17-13(10-14)2-1-5-20-17/h1-5,10-12H,6-9H2. The number of rotatable bonds is 3. The van der Waals surface area contributed by atoms with Gasteiger partial charge in [-0.2, -0.15) is 0 Å². The molecule has 0 spiro atoms. The number of nitrogens with zero attached hydrogens (tertiary/aromatic N) is 3. The first-order valence-electron chi connectivity index (χ1n) is 7.80. The van der Waals surface area contributed by atoms with Gasteiger partial charge < -0.3 is 14.1 Å². The molecule has 0 unspecified atom stereocenters. The molecule has 3 heterocycles. The van der Waals surface area contributed by atoms with Crippen LogP contribution in [0.15, 0.2) is 56.5 Å². The number of morpholine rings is 1. The van der Waals surface area contributed by atoms with Gasteiger partial charge in [-0.05, 0) is 40.2 Å². The Bertz CT molecular complexity index is 885. The van der Waals surface area contributed by atoms with E-state index in [2.05, 4.69) is 30.8 Å². The zero-order valence-corrected chi connectivity index (χ0v) is 14.6. The fraction of sp³-hybridized carbons (Fsp3) is 0.222. The fourth-order valence-electron chi connectivity index (χ4n) is 2.70. The van der Waals surface area contributed by atoms with E-state index in [1.807, 2.05) is 36.4 Å². The summed E-state index contributed by atoms with van der Waals surface area (Å²) in [6, 6.07) is 11.8. The number of furan rings is 1. The first kappa shape index (κ1) is 15.4. The number of aromatic nitrogens is 1. The molecule has 4 rings (SSSR count). The van der Waals surface area contributed by atoms with Gasteiger partial charge in [-0.25, -0.2) is 0 Å². The van der Waals surface area contributed by atoms with Crippen LogP contribution in [0.3, 0.4) is 0 Å². The monoisotopic (exact) mass is 385 g/mol. The second-order valence-electron chi connectivity index (χ2n) is 5.54. The maximum atomic E-state index is 5.92. The van der Waals surface area contributed by atoms with Gasteiger partial charge in [0.25, 0.3) is 0 Å². The van der Waals surface area contributed by atoms with Crippen molar-refractivity contribution in [3.8, 4) is 0 Å². The summed E-state index contributed by atoms with van der Waals surface area (Å²) in [6.45, 7) is 3.12. The molecule has 0 aliphatic carbocycles. The lowest BCUT2D eigenvalue weighted by atomic mass is 10.2. The van der Waals surface area contributed by atoms with Gasteiger partial charge in [-0.15, -0.1) is 0 Å². The highest BCUT2D eigenvalue weighted by atomic mass is 79.9. The van der Waals surface area contributed by atoms with Crippen molar-refractivity contribution in [1.29, 1.82) is 0 Å². The van der Waals surface area contributed by atoms with Crippen molar-refractivity contribution in [2.24, 2.45) is 4.99 Å². The topological polar surface area (TPSA) is 50.9 Å². The maximum Gasteiger partial charge on any atom is 0.210 e. The SMILES string of the molecule is Brc1cc(C=Nc2ccc3ncccc3c2)oc1N1CCOCC1. The van der Waals surface area contributed by atoms with Gasteiger partial charge in [-0.1, -0.05) is 6.07 Å². The number of aliphatic imine (C=N–C) groups is 1. The molecule has 0 amide bonds. The van der Waals surface area contributed by atoms with Gasteiger partial charge >= 0.3 is 0 Å². The molecule has 0 N–H and O–H groups in total. The molecule has 0 saturated carbocycles. The predicted octanol–water partition coefficient (Wildman–Crippen LogP) is 4.18. The molecule has 24 heavy (non-hydrogen) atoms. The van der Waals surface area contributed by atoms with Crippen LogP contribution in [-0.4, -0.2) is 37.5 Å². The normalized spacial score (nSPS) is 15.5. The maximum absolute atomic E-state index is 5.92. The van der Waals surface area contributed by atoms with Crippen molar-refractivity contribution in [2.75, 3.05) is 31.2 Å². The van der Waals surface area contributed by atoms with Crippen LogP contribution >= 0.6 is 15.9 Å². The minimum Gasteiger partial charge on any atom is -0.438 e. The number of halogens is 1. The van der Waals surface area contributed by atoms with E-state index in [1.165, 1.54) is 0 Å². The molecule has 6 heteroatoms. The van der Waals surface area contributed by atoms with E-state index < -0.39 is 0 Å². The zero-order valence-electron chi connectivity index (χ0n) is 13.0. The van der Waals surface area contributed by atoms with Crippen molar-refractivity contribution >= 4 is 44.6 Å². The van der Waals surface area contributed by atoms with Gasteiger partial charge in [0.2, 0.25) is 5.88 Å². The van der Waals surface area contributed by atoms with Crippen LogP contribution in [0.2, 0.25) is 0 Å². The highest BCUT2D eigenvalue weighted by Crippen LogP contribution is 2.30. The van der Waals surface area contributed by atoms with Gasteiger partial charge in [0.15, 0.2) is 0 Å². The zero-order chi connectivity index (χ0) is 16.4. The van der Waals surface area contributed by atoms with Crippen molar-refractivity contribution in [1.82, 2.24) is 4.98 Å². The molecule has 1 aromatic carbocycles. The summed E-state index contributed by atoms with van der Waals surface area (Å²) in [5.41, 5.74) is 1.84. The molecule has 5 nitrogen and oxygen atoms in total. The number of pyridine rings is 1. The summed E-state index contributed by atoms with van der Waals surface area (Å²) < 4.78 is 12.2.